The third-order valence-corrected chi connectivity index (χ3v) is 2.75. The van der Waals surface area contributed by atoms with Gasteiger partial charge in [0.2, 0.25) is 5.91 Å². The lowest BCUT2D eigenvalue weighted by Crippen LogP contribution is -2.19. The number of ether oxygens (including phenoxy) is 1. The van der Waals surface area contributed by atoms with Crippen LogP contribution >= 0.6 is 0 Å². The van der Waals surface area contributed by atoms with Crippen LogP contribution in [0.25, 0.3) is 0 Å². The van der Waals surface area contributed by atoms with Gasteiger partial charge in [-0.2, -0.15) is 0 Å². The van der Waals surface area contributed by atoms with Gasteiger partial charge in [-0.05, 0) is 25.5 Å². The molecule has 1 amide bonds. The van der Waals surface area contributed by atoms with Crippen molar-refractivity contribution >= 4 is 17.6 Å². The highest BCUT2D eigenvalue weighted by atomic mass is 16.5. The van der Waals surface area contributed by atoms with E-state index in [1.54, 1.807) is 6.92 Å². The van der Waals surface area contributed by atoms with Crippen molar-refractivity contribution in [3.8, 4) is 0 Å². The quantitative estimate of drug-likeness (QED) is 0.840. The fraction of sp³-hybridized carbons (Fsp3) is 0.286. The molecule has 1 aromatic heterocycles. The van der Waals surface area contributed by atoms with Crippen LogP contribution in [0.5, 0.6) is 0 Å². The smallest absolute Gasteiger partial charge is 0.360 e. The Balaban J connectivity index is 1.97. The Morgan fingerprint density at radius 1 is 1.33 bits per heavy atom. The molecule has 0 aliphatic heterocycles. The largest absolute Gasteiger partial charge is 0.461 e. The van der Waals surface area contributed by atoms with Gasteiger partial charge in [0.25, 0.3) is 0 Å². The summed E-state index contributed by atoms with van der Waals surface area (Å²) in [7, 11) is 0. The van der Waals surface area contributed by atoms with E-state index in [1.165, 1.54) is 10.9 Å². The fourth-order valence-electron chi connectivity index (χ4n) is 1.72. The second-order valence-electron chi connectivity index (χ2n) is 4.38. The minimum atomic E-state index is -0.553. The number of esters is 1. The van der Waals surface area contributed by atoms with Crippen LogP contribution in [0.4, 0.5) is 5.69 Å². The molecule has 0 spiro atoms. The predicted molar refractivity (Wildman–Crippen MR) is 75.8 cm³/mol. The zero-order valence-electron chi connectivity index (χ0n) is 11.9. The third-order valence-electron chi connectivity index (χ3n) is 2.75. The van der Waals surface area contributed by atoms with E-state index in [1.807, 2.05) is 31.2 Å². The van der Waals surface area contributed by atoms with E-state index in [9.17, 15) is 9.59 Å². The van der Waals surface area contributed by atoms with Crippen molar-refractivity contribution in [2.45, 2.75) is 20.4 Å². The van der Waals surface area contributed by atoms with Gasteiger partial charge in [0.1, 0.15) is 6.54 Å². The normalized spacial score (nSPS) is 10.2. The number of aromatic nitrogens is 3. The average molecular weight is 288 g/mol. The zero-order chi connectivity index (χ0) is 15.2. The van der Waals surface area contributed by atoms with Crippen molar-refractivity contribution in [2.75, 3.05) is 11.9 Å². The molecule has 2 rings (SSSR count). The van der Waals surface area contributed by atoms with Gasteiger partial charge >= 0.3 is 5.97 Å². The molecule has 0 fully saturated rings. The molecule has 1 aromatic carbocycles. The average Bonchev–Trinajstić information content (AvgIpc) is 2.90. The molecule has 1 heterocycles. The van der Waals surface area contributed by atoms with Crippen LogP contribution in [0.15, 0.2) is 30.5 Å². The first kappa shape index (κ1) is 14.7. The monoisotopic (exact) mass is 288 g/mol. The highest BCUT2D eigenvalue weighted by molar-refractivity contribution is 5.91. The first-order chi connectivity index (χ1) is 10.1. The number of carbonyl (C=O) groups is 2. The Bertz CT molecular complexity index is 651. The minimum Gasteiger partial charge on any atom is -0.461 e. The van der Waals surface area contributed by atoms with Crippen molar-refractivity contribution in [1.82, 2.24) is 15.0 Å². The fourth-order valence-corrected chi connectivity index (χ4v) is 1.72. The summed E-state index contributed by atoms with van der Waals surface area (Å²) in [6.07, 6.45) is 1.38. The summed E-state index contributed by atoms with van der Waals surface area (Å²) in [5, 5.41) is 10.2. The lowest BCUT2D eigenvalue weighted by Gasteiger charge is -2.07. The summed E-state index contributed by atoms with van der Waals surface area (Å²) in [4.78, 5) is 23.4. The van der Waals surface area contributed by atoms with Crippen LogP contribution in [-0.4, -0.2) is 33.5 Å². The molecular weight excluding hydrogens is 272 g/mol. The first-order valence-electron chi connectivity index (χ1n) is 6.53. The minimum absolute atomic E-state index is 0.0270. The van der Waals surface area contributed by atoms with E-state index in [0.717, 1.165) is 11.3 Å². The van der Waals surface area contributed by atoms with E-state index < -0.39 is 5.97 Å². The number of rotatable bonds is 5. The molecule has 0 radical (unpaired) electrons. The number of hydrogen-bond donors (Lipinski definition) is 1. The molecule has 0 bridgehead atoms. The number of aryl methyl sites for hydroxylation is 1. The molecule has 0 saturated carbocycles. The lowest BCUT2D eigenvalue weighted by atomic mass is 10.2. The van der Waals surface area contributed by atoms with E-state index in [2.05, 4.69) is 15.6 Å². The van der Waals surface area contributed by atoms with Gasteiger partial charge in [-0.3, -0.25) is 4.79 Å². The highest BCUT2D eigenvalue weighted by Gasteiger charge is 2.13. The molecule has 0 unspecified atom stereocenters. The molecule has 0 aliphatic carbocycles. The Labute approximate surface area is 121 Å². The van der Waals surface area contributed by atoms with Gasteiger partial charge in [0.15, 0.2) is 5.69 Å². The summed E-state index contributed by atoms with van der Waals surface area (Å²) < 4.78 is 6.09. The second-order valence-corrected chi connectivity index (χ2v) is 4.38. The van der Waals surface area contributed by atoms with Gasteiger partial charge in [-0.25, -0.2) is 9.48 Å². The second kappa shape index (κ2) is 6.65. The van der Waals surface area contributed by atoms with E-state index in [4.69, 9.17) is 4.74 Å². The van der Waals surface area contributed by atoms with Gasteiger partial charge in [-0.15, -0.1) is 5.10 Å². The maximum Gasteiger partial charge on any atom is 0.360 e. The standard InChI is InChI=1S/C14H16N4O3/c1-3-21-14(20)12-8-18(17-16-12)9-13(19)15-11-7-5-4-6-10(11)2/h4-8H,3,9H2,1-2H3,(H,15,19). The molecule has 7 nitrogen and oxygen atoms in total. The van der Waals surface area contributed by atoms with Gasteiger partial charge < -0.3 is 10.1 Å². The molecule has 0 saturated heterocycles. The predicted octanol–water partition coefficient (Wildman–Crippen LogP) is 1.40. The van der Waals surface area contributed by atoms with Crippen molar-refractivity contribution in [3.05, 3.63) is 41.7 Å². The number of amides is 1. The number of benzene rings is 1. The van der Waals surface area contributed by atoms with Crippen molar-refractivity contribution in [1.29, 1.82) is 0 Å². The van der Waals surface area contributed by atoms with Gasteiger partial charge in [0, 0.05) is 5.69 Å². The van der Waals surface area contributed by atoms with Gasteiger partial charge in [0.05, 0.1) is 12.8 Å². The SMILES string of the molecule is CCOC(=O)c1cn(CC(=O)Nc2ccccc2C)nn1. The first-order valence-corrected chi connectivity index (χ1v) is 6.53. The van der Waals surface area contributed by atoms with Crippen LogP contribution in [0.3, 0.4) is 0 Å². The summed E-state index contributed by atoms with van der Waals surface area (Å²) >= 11 is 0. The summed E-state index contributed by atoms with van der Waals surface area (Å²) in [6.45, 7) is 3.85. The van der Waals surface area contributed by atoms with Crippen molar-refractivity contribution < 1.29 is 14.3 Å². The highest BCUT2D eigenvalue weighted by Crippen LogP contribution is 2.12. The maximum atomic E-state index is 11.9. The number of nitrogens with zero attached hydrogens (tertiary/aromatic N) is 3. The Kier molecular flexibility index (Phi) is 4.65. The topological polar surface area (TPSA) is 86.1 Å². The van der Waals surface area contributed by atoms with Crippen LogP contribution < -0.4 is 5.32 Å². The molecule has 21 heavy (non-hydrogen) atoms. The van der Waals surface area contributed by atoms with E-state index in [0.29, 0.717) is 0 Å². The lowest BCUT2D eigenvalue weighted by molar-refractivity contribution is -0.116. The van der Waals surface area contributed by atoms with Crippen LogP contribution in [0.2, 0.25) is 0 Å². The van der Waals surface area contributed by atoms with Crippen LogP contribution in [-0.2, 0) is 16.1 Å². The Morgan fingerprint density at radius 3 is 2.81 bits per heavy atom. The molecule has 2 aromatic rings. The van der Waals surface area contributed by atoms with Crippen LogP contribution in [0, 0.1) is 6.92 Å². The number of para-hydroxylation sites is 1. The Morgan fingerprint density at radius 2 is 2.10 bits per heavy atom. The molecule has 0 atom stereocenters. The Hall–Kier alpha value is -2.70. The summed E-state index contributed by atoms with van der Waals surface area (Å²) in [5.74, 6) is -0.798. The summed E-state index contributed by atoms with van der Waals surface area (Å²) in [6, 6.07) is 7.47. The molecule has 1 N–H and O–H groups in total. The number of carbonyl (C=O) groups excluding carboxylic acids is 2. The van der Waals surface area contributed by atoms with Gasteiger partial charge in [-0.1, -0.05) is 23.4 Å². The number of nitrogens with one attached hydrogen (secondary N) is 1. The van der Waals surface area contributed by atoms with Crippen molar-refractivity contribution in [2.24, 2.45) is 0 Å². The third kappa shape index (κ3) is 3.88. The number of anilines is 1. The molecule has 0 aliphatic rings. The van der Waals surface area contributed by atoms with E-state index in [-0.39, 0.29) is 24.8 Å². The summed E-state index contributed by atoms with van der Waals surface area (Å²) in [5.41, 5.74) is 1.80. The van der Waals surface area contributed by atoms with Crippen LogP contribution in [0.1, 0.15) is 23.0 Å². The number of hydrogen-bond acceptors (Lipinski definition) is 5. The van der Waals surface area contributed by atoms with E-state index >= 15 is 0 Å². The molecule has 110 valence electrons. The van der Waals surface area contributed by atoms with Crippen molar-refractivity contribution in [3.63, 3.8) is 0 Å². The molecule has 7 heteroatoms. The zero-order valence-corrected chi connectivity index (χ0v) is 11.9. The molecular formula is C14H16N4O3. The maximum absolute atomic E-state index is 11.9.